The van der Waals surface area contributed by atoms with Crippen LogP contribution in [0, 0.1) is 0 Å². The van der Waals surface area contributed by atoms with Crippen LogP contribution in [0.3, 0.4) is 0 Å². The van der Waals surface area contributed by atoms with Crippen molar-refractivity contribution in [2.75, 3.05) is 17.7 Å². The van der Waals surface area contributed by atoms with Crippen molar-refractivity contribution >= 4 is 23.0 Å². The van der Waals surface area contributed by atoms with Gasteiger partial charge in [0.25, 0.3) is 0 Å². The van der Waals surface area contributed by atoms with E-state index in [2.05, 4.69) is 44.9 Å². The molecule has 0 bridgehead atoms. The van der Waals surface area contributed by atoms with Gasteiger partial charge < -0.3 is 15.4 Å². The highest BCUT2D eigenvalue weighted by molar-refractivity contribution is 5.77. The second-order valence-electron chi connectivity index (χ2n) is 7.55. The fraction of sp³-hybridized carbons (Fsp3) is 0.350. The summed E-state index contributed by atoms with van der Waals surface area (Å²) < 4.78 is 9.49. The van der Waals surface area contributed by atoms with E-state index in [1.165, 1.54) is 0 Å². The van der Waals surface area contributed by atoms with Gasteiger partial charge in [0, 0.05) is 25.4 Å². The van der Waals surface area contributed by atoms with E-state index in [0.29, 0.717) is 17.3 Å². The molecule has 1 aliphatic carbocycles. The van der Waals surface area contributed by atoms with Crippen LogP contribution in [0.25, 0.3) is 16.9 Å². The summed E-state index contributed by atoms with van der Waals surface area (Å²) in [5.74, 6) is 2.03. The van der Waals surface area contributed by atoms with Crippen molar-refractivity contribution in [3.63, 3.8) is 0 Å². The fourth-order valence-corrected chi connectivity index (χ4v) is 3.10. The van der Waals surface area contributed by atoms with E-state index in [1.54, 1.807) is 16.9 Å². The van der Waals surface area contributed by atoms with Crippen LogP contribution in [-0.2, 0) is 0 Å². The first-order valence-corrected chi connectivity index (χ1v) is 10.00. The molecule has 4 heterocycles. The molecule has 0 unspecified atom stereocenters. The Morgan fingerprint density at radius 3 is 2.87 bits per heavy atom. The zero-order chi connectivity index (χ0) is 20.7. The number of hydrogen-bond donors (Lipinski definition) is 2. The lowest BCUT2D eigenvalue weighted by molar-refractivity contribution is 0.293. The van der Waals surface area contributed by atoms with Crippen LogP contribution in [0.1, 0.15) is 32.7 Å². The lowest BCUT2D eigenvalue weighted by Crippen LogP contribution is -2.06. The minimum atomic E-state index is 0.224. The lowest BCUT2D eigenvalue weighted by Gasteiger charge is -2.13. The van der Waals surface area contributed by atoms with Crippen molar-refractivity contribution in [3.8, 4) is 17.1 Å². The Kier molecular flexibility index (Phi) is 4.46. The van der Waals surface area contributed by atoms with Crippen molar-refractivity contribution < 1.29 is 4.74 Å². The summed E-state index contributed by atoms with van der Waals surface area (Å²) in [5.41, 5.74) is 2.98. The maximum Gasteiger partial charge on any atom is 0.238 e. The van der Waals surface area contributed by atoms with Crippen LogP contribution in [0.5, 0.6) is 5.88 Å². The van der Waals surface area contributed by atoms with E-state index in [4.69, 9.17) is 9.72 Å². The van der Waals surface area contributed by atoms with Gasteiger partial charge in [0.05, 0.1) is 18.0 Å². The Balaban J connectivity index is 1.55. The molecule has 0 spiro atoms. The molecule has 10 heteroatoms. The van der Waals surface area contributed by atoms with Gasteiger partial charge in [-0.25, -0.2) is 14.6 Å². The first-order chi connectivity index (χ1) is 14.6. The second-order valence-corrected chi connectivity index (χ2v) is 7.55. The number of pyridine rings is 1. The van der Waals surface area contributed by atoms with E-state index in [-0.39, 0.29) is 12.1 Å². The predicted molar refractivity (Wildman–Crippen MR) is 113 cm³/mol. The Bertz CT molecular complexity index is 1190. The van der Waals surface area contributed by atoms with Crippen LogP contribution >= 0.6 is 0 Å². The minimum Gasteiger partial charge on any atom is -0.473 e. The summed E-state index contributed by atoms with van der Waals surface area (Å²) in [5, 5.41) is 19.5. The summed E-state index contributed by atoms with van der Waals surface area (Å²) >= 11 is 0. The van der Waals surface area contributed by atoms with Crippen molar-refractivity contribution in [3.05, 3.63) is 36.8 Å². The number of fused-ring (bicyclic) bond motifs is 1. The zero-order valence-corrected chi connectivity index (χ0v) is 17.1. The SMILES string of the molecule is CNc1cc(Nc2cccnc2OC2CC2)nc2c(-c3cn(C(C)C)nn3)cnn12. The van der Waals surface area contributed by atoms with Gasteiger partial charge in [0.2, 0.25) is 5.88 Å². The van der Waals surface area contributed by atoms with Crippen LogP contribution in [0.15, 0.2) is 36.8 Å². The first-order valence-electron chi connectivity index (χ1n) is 10.00. The molecule has 0 radical (unpaired) electrons. The van der Waals surface area contributed by atoms with E-state index >= 15 is 0 Å². The molecule has 1 fully saturated rings. The van der Waals surface area contributed by atoms with Crippen LogP contribution < -0.4 is 15.4 Å². The number of rotatable bonds is 7. The van der Waals surface area contributed by atoms with Crippen LogP contribution in [-0.4, -0.2) is 47.7 Å². The van der Waals surface area contributed by atoms with Crippen molar-refractivity contribution in [1.29, 1.82) is 0 Å². The van der Waals surface area contributed by atoms with Gasteiger partial charge in [0.15, 0.2) is 5.65 Å². The maximum absolute atomic E-state index is 5.92. The normalized spacial score (nSPS) is 13.7. The molecule has 0 amide bonds. The number of anilines is 3. The zero-order valence-electron chi connectivity index (χ0n) is 17.1. The van der Waals surface area contributed by atoms with Crippen molar-refractivity contribution in [1.82, 2.24) is 34.6 Å². The minimum absolute atomic E-state index is 0.224. The monoisotopic (exact) mass is 405 g/mol. The Hall–Kier alpha value is -3.69. The molecule has 1 saturated carbocycles. The number of nitrogens with one attached hydrogen (secondary N) is 2. The quantitative estimate of drug-likeness (QED) is 0.482. The van der Waals surface area contributed by atoms with Gasteiger partial charge in [-0.2, -0.15) is 9.61 Å². The van der Waals surface area contributed by atoms with Crippen LogP contribution in [0.2, 0.25) is 0 Å². The largest absolute Gasteiger partial charge is 0.473 e. The van der Waals surface area contributed by atoms with E-state index in [1.807, 2.05) is 36.1 Å². The maximum atomic E-state index is 5.92. The third-order valence-corrected chi connectivity index (χ3v) is 4.88. The van der Waals surface area contributed by atoms with Crippen molar-refractivity contribution in [2.24, 2.45) is 0 Å². The summed E-state index contributed by atoms with van der Waals surface area (Å²) in [6.07, 6.45) is 7.79. The van der Waals surface area contributed by atoms with Crippen LogP contribution in [0.4, 0.5) is 17.3 Å². The first kappa shape index (κ1) is 18.3. The summed E-state index contributed by atoms with van der Waals surface area (Å²) in [6, 6.07) is 5.92. The molecule has 2 N–H and O–H groups in total. The molecule has 5 rings (SSSR count). The van der Waals surface area contributed by atoms with Gasteiger partial charge in [-0.1, -0.05) is 5.21 Å². The molecule has 1 aliphatic rings. The molecule has 0 aliphatic heterocycles. The molecule has 0 atom stereocenters. The summed E-state index contributed by atoms with van der Waals surface area (Å²) in [4.78, 5) is 9.16. The van der Waals surface area contributed by atoms with Gasteiger partial charge in [-0.15, -0.1) is 5.10 Å². The van der Waals surface area contributed by atoms with Gasteiger partial charge in [-0.3, -0.25) is 0 Å². The fourth-order valence-electron chi connectivity index (χ4n) is 3.10. The third-order valence-electron chi connectivity index (χ3n) is 4.88. The molecule has 154 valence electrons. The second kappa shape index (κ2) is 7.29. The van der Waals surface area contributed by atoms with E-state index in [9.17, 15) is 0 Å². The molecule has 4 aromatic heterocycles. The van der Waals surface area contributed by atoms with Gasteiger partial charge >= 0.3 is 0 Å². The number of aromatic nitrogens is 7. The Morgan fingerprint density at radius 2 is 2.13 bits per heavy atom. The molecule has 10 nitrogen and oxygen atoms in total. The van der Waals surface area contributed by atoms with E-state index < -0.39 is 0 Å². The lowest BCUT2D eigenvalue weighted by atomic mass is 10.2. The standard InChI is InChI=1S/C20H23N9O/c1-12(2)28-11-16(26-27-28)14-10-23-29-18(21-3)9-17(25-19(14)29)24-15-5-4-8-22-20(15)30-13-6-7-13/h4-5,8-13,21H,6-7H2,1-3H3,(H,24,25). The molecule has 0 aromatic carbocycles. The van der Waals surface area contributed by atoms with Crippen molar-refractivity contribution in [2.45, 2.75) is 38.8 Å². The molecular formula is C20H23N9O. The molecule has 4 aromatic rings. The molecular weight excluding hydrogens is 382 g/mol. The molecule has 30 heavy (non-hydrogen) atoms. The number of hydrogen-bond acceptors (Lipinski definition) is 8. The summed E-state index contributed by atoms with van der Waals surface area (Å²) in [7, 11) is 1.85. The highest BCUT2D eigenvalue weighted by Gasteiger charge is 2.25. The Labute approximate surface area is 173 Å². The average Bonchev–Trinajstić information content (AvgIpc) is 3.25. The Morgan fingerprint density at radius 1 is 1.27 bits per heavy atom. The van der Waals surface area contributed by atoms with Gasteiger partial charge in [0.1, 0.15) is 29.1 Å². The van der Waals surface area contributed by atoms with Gasteiger partial charge in [-0.05, 0) is 38.8 Å². The predicted octanol–water partition coefficient (Wildman–Crippen LogP) is 3.29. The molecule has 0 saturated heterocycles. The highest BCUT2D eigenvalue weighted by atomic mass is 16.5. The summed E-state index contributed by atoms with van der Waals surface area (Å²) in [6.45, 7) is 4.12. The number of nitrogens with zero attached hydrogens (tertiary/aromatic N) is 7. The average molecular weight is 405 g/mol. The smallest absolute Gasteiger partial charge is 0.238 e. The number of ether oxygens (including phenoxy) is 1. The third kappa shape index (κ3) is 3.40. The highest BCUT2D eigenvalue weighted by Crippen LogP contribution is 2.32. The van der Waals surface area contributed by atoms with E-state index in [0.717, 1.165) is 35.6 Å². The topological polar surface area (TPSA) is 107 Å².